The fourth-order valence-corrected chi connectivity index (χ4v) is 1.95. The molecule has 0 aromatic heterocycles. The molecule has 98 valence electrons. The molecule has 0 radical (unpaired) electrons. The molecule has 1 saturated heterocycles. The number of rotatable bonds is 3. The largest absolute Gasteiger partial charge is 0.405 e. The van der Waals surface area contributed by atoms with Crippen molar-refractivity contribution in [3.8, 4) is 6.07 Å². The molecule has 6 heteroatoms. The monoisotopic (exact) mass is 249 g/mol. The van der Waals surface area contributed by atoms with Crippen LogP contribution in [-0.4, -0.2) is 43.3 Å². The molecule has 1 rings (SSSR count). The van der Waals surface area contributed by atoms with Crippen LogP contribution < -0.4 is 5.32 Å². The van der Waals surface area contributed by atoms with E-state index < -0.39 is 12.1 Å². The third-order valence-electron chi connectivity index (χ3n) is 3.55. The van der Waals surface area contributed by atoms with Gasteiger partial charge in [0.05, 0.1) is 6.07 Å². The molecule has 0 aromatic rings. The summed E-state index contributed by atoms with van der Waals surface area (Å²) in [5, 5.41) is 11.7. The molecule has 1 atom stereocenters. The van der Waals surface area contributed by atoms with Gasteiger partial charge in [-0.1, -0.05) is 0 Å². The summed E-state index contributed by atoms with van der Waals surface area (Å²) >= 11 is 0. The number of likely N-dealkylation sites (tertiary alicyclic amines) is 1. The van der Waals surface area contributed by atoms with Crippen molar-refractivity contribution < 1.29 is 13.2 Å². The first-order chi connectivity index (χ1) is 7.80. The van der Waals surface area contributed by atoms with E-state index in [1.165, 1.54) is 6.07 Å². The Morgan fingerprint density at radius 2 is 1.94 bits per heavy atom. The van der Waals surface area contributed by atoms with Crippen molar-refractivity contribution in [3.63, 3.8) is 0 Å². The van der Waals surface area contributed by atoms with Crippen LogP contribution in [0.3, 0.4) is 0 Å². The summed E-state index contributed by atoms with van der Waals surface area (Å²) in [5.74, 6) is -1.87. The standard InChI is InChI=1S/C11H18F3N3/c1-10(16-2)3-5-17(6-4-10)8-9(7-15)11(12,13)14/h9,16H,3-6,8H2,1-2H3. The predicted molar refractivity (Wildman–Crippen MR) is 58.3 cm³/mol. The zero-order chi connectivity index (χ0) is 13.1. The maximum Gasteiger partial charge on any atom is 0.405 e. The molecular weight excluding hydrogens is 231 g/mol. The average molecular weight is 249 g/mol. The number of alkyl halides is 3. The molecule has 1 N–H and O–H groups in total. The molecule has 3 nitrogen and oxygen atoms in total. The molecule has 17 heavy (non-hydrogen) atoms. The van der Waals surface area contributed by atoms with Crippen molar-refractivity contribution >= 4 is 0 Å². The van der Waals surface area contributed by atoms with Crippen LogP contribution in [-0.2, 0) is 0 Å². The molecule has 0 amide bonds. The van der Waals surface area contributed by atoms with Crippen molar-refractivity contribution in [2.45, 2.75) is 31.5 Å². The lowest BCUT2D eigenvalue weighted by atomic mass is 9.89. The lowest BCUT2D eigenvalue weighted by Gasteiger charge is -2.39. The maximum atomic E-state index is 12.4. The van der Waals surface area contributed by atoms with E-state index in [1.54, 1.807) is 4.90 Å². The van der Waals surface area contributed by atoms with Gasteiger partial charge in [-0.3, -0.25) is 0 Å². The summed E-state index contributed by atoms with van der Waals surface area (Å²) in [4.78, 5) is 1.72. The van der Waals surface area contributed by atoms with Gasteiger partial charge in [0.1, 0.15) is 0 Å². The zero-order valence-corrected chi connectivity index (χ0v) is 10.1. The lowest BCUT2D eigenvalue weighted by molar-refractivity contribution is -0.164. The van der Waals surface area contributed by atoms with Gasteiger partial charge in [0.15, 0.2) is 5.92 Å². The summed E-state index contributed by atoms with van der Waals surface area (Å²) in [6.07, 6.45) is -2.81. The maximum absolute atomic E-state index is 12.4. The number of halogens is 3. The van der Waals surface area contributed by atoms with Crippen molar-refractivity contribution in [3.05, 3.63) is 0 Å². The van der Waals surface area contributed by atoms with Gasteiger partial charge in [-0.05, 0) is 39.9 Å². The number of nitriles is 1. The first-order valence-electron chi connectivity index (χ1n) is 5.68. The fraction of sp³-hybridized carbons (Fsp3) is 0.909. The van der Waals surface area contributed by atoms with Crippen LogP contribution in [0.4, 0.5) is 13.2 Å². The predicted octanol–water partition coefficient (Wildman–Crippen LogP) is 1.76. The van der Waals surface area contributed by atoms with Crippen molar-refractivity contribution in [1.29, 1.82) is 5.26 Å². The minimum atomic E-state index is -4.42. The Bertz CT molecular complexity index is 287. The fourth-order valence-electron chi connectivity index (χ4n) is 1.95. The van der Waals surface area contributed by atoms with E-state index in [9.17, 15) is 13.2 Å². The smallest absolute Gasteiger partial charge is 0.314 e. The Hall–Kier alpha value is -0.800. The second-order valence-electron chi connectivity index (χ2n) is 4.83. The Kier molecular flexibility index (Phi) is 4.39. The van der Waals surface area contributed by atoms with Crippen molar-refractivity contribution in [1.82, 2.24) is 10.2 Å². The molecule has 1 aliphatic heterocycles. The molecule has 0 aliphatic carbocycles. The van der Waals surface area contributed by atoms with Crippen LogP contribution in [0.1, 0.15) is 19.8 Å². The topological polar surface area (TPSA) is 39.1 Å². The normalized spacial score (nSPS) is 23.1. The average Bonchev–Trinajstić information content (AvgIpc) is 2.27. The van der Waals surface area contributed by atoms with Gasteiger partial charge in [0.2, 0.25) is 0 Å². The van der Waals surface area contributed by atoms with E-state index >= 15 is 0 Å². The molecule has 0 bridgehead atoms. The highest BCUT2D eigenvalue weighted by molar-refractivity contribution is 4.94. The third-order valence-corrected chi connectivity index (χ3v) is 3.55. The Balaban J connectivity index is 2.48. The number of nitrogens with one attached hydrogen (secondary N) is 1. The van der Waals surface area contributed by atoms with Crippen LogP contribution in [0.25, 0.3) is 0 Å². The highest BCUT2D eigenvalue weighted by atomic mass is 19.4. The van der Waals surface area contributed by atoms with Gasteiger partial charge in [-0.25, -0.2) is 0 Å². The molecule has 1 unspecified atom stereocenters. The second kappa shape index (κ2) is 5.23. The van der Waals surface area contributed by atoms with Gasteiger partial charge < -0.3 is 10.2 Å². The van der Waals surface area contributed by atoms with Crippen LogP contribution >= 0.6 is 0 Å². The first kappa shape index (κ1) is 14.3. The Morgan fingerprint density at radius 3 is 2.29 bits per heavy atom. The molecular formula is C11H18F3N3. The van der Waals surface area contributed by atoms with Gasteiger partial charge >= 0.3 is 6.18 Å². The van der Waals surface area contributed by atoms with Crippen LogP contribution in [0.2, 0.25) is 0 Å². The third kappa shape index (κ3) is 3.86. The number of nitrogens with zero attached hydrogens (tertiary/aromatic N) is 2. The van der Waals surface area contributed by atoms with Crippen LogP contribution in [0.5, 0.6) is 0 Å². The quantitative estimate of drug-likeness (QED) is 0.828. The molecule has 1 fully saturated rings. The second-order valence-corrected chi connectivity index (χ2v) is 4.83. The molecule has 0 spiro atoms. The van der Waals surface area contributed by atoms with Crippen LogP contribution in [0, 0.1) is 17.2 Å². The molecule has 0 aromatic carbocycles. The van der Waals surface area contributed by atoms with Crippen LogP contribution in [0.15, 0.2) is 0 Å². The SMILES string of the molecule is CNC1(C)CCN(CC(C#N)C(F)(F)F)CC1. The molecule has 1 heterocycles. The molecule has 0 saturated carbocycles. The zero-order valence-electron chi connectivity index (χ0n) is 10.1. The molecule has 1 aliphatic rings. The first-order valence-corrected chi connectivity index (χ1v) is 5.68. The van der Waals surface area contributed by atoms with E-state index in [2.05, 4.69) is 12.2 Å². The van der Waals surface area contributed by atoms with Gasteiger partial charge in [-0.15, -0.1) is 0 Å². The van der Waals surface area contributed by atoms with E-state index in [4.69, 9.17) is 5.26 Å². The number of hydrogen-bond donors (Lipinski definition) is 1. The number of piperidine rings is 1. The Labute approximate surface area is 99.6 Å². The highest BCUT2D eigenvalue weighted by Gasteiger charge is 2.41. The minimum absolute atomic E-state index is 0.0108. The van der Waals surface area contributed by atoms with E-state index in [1.807, 2.05) is 7.05 Å². The number of hydrogen-bond acceptors (Lipinski definition) is 3. The summed E-state index contributed by atoms with van der Waals surface area (Å²) in [7, 11) is 1.86. The highest BCUT2D eigenvalue weighted by Crippen LogP contribution is 2.28. The van der Waals surface area contributed by atoms with Gasteiger partial charge in [0.25, 0.3) is 0 Å². The van der Waals surface area contributed by atoms with Gasteiger partial charge in [0, 0.05) is 12.1 Å². The minimum Gasteiger partial charge on any atom is -0.314 e. The lowest BCUT2D eigenvalue weighted by Crippen LogP contribution is -2.51. The summed E-state index contributed by atoms with van der Waals surface area (Å²) in [6, 6.07) is 1.34. The summed E-state index contributed by atoms with van der Waals surface area (Å²) in [6.45, 7) is 3.06. The Morgan fingerprint density at radius 1 is 1.41 bits per heavy atom. The van der Waals surface area contributed by atoms with Crippen molar-refractivity contribution in [2.24, 2.45) is 5.92 Å². The van der Waals surface area contributed by atoms with E-state index in [0.717, 1.165) is 12.8 Å². The summed E-state index contributed by atoms with van der Waals surface area (Å²) in [5.41, 5.74) is 0.0108. The van der Waals surface area contributed by atoms with Crippen molar-refractivity contribution in [2.75, 3.05) is 26.7 Å². The van der Waals surface area contributed by atoms with E-state index in [0.29, 0.717) is 13.1 Å². The van der Waals surface area contributed by atoms with E-state index in [-0.39, 0.29) is 12.1 Å². The van der Waals surface area contributed by atoms with Gasteiger partial charge in [-0.2, -0.15) is 18.4 Å². The summed E-state index contributed by atoms with van der Waals surface area (Å²) < 4.78 is 37.3.